The van der Waals surface area contributed by atoms with Gasteiger partial charge in [-0.2, -0.15) is 5.26 Å². The Morgan fingerprint density at radius 3 is 2.94 bits per heavy atom. The van der Waals surface area contributed by atoms with Crippen molar-refractivity contribution >= 4 is 18.0 Å². The first kappa shape index (κ1) is 13.2. The van der Waals surface area contributed by atoms with E-state index in [0.29, 0.717) is 16.4 Å². The van der Waals surface area contributed by atoms with Crippen LogP contribution < -0.4 is 0 Å². The molecule has 0 aliphatic heterocycles. The van der Waals surface area contributed by atoms with Crippen LogP contribution in [0.1, 0.15) is 48.5 Å². The molecule has 1 aromatic carbocycles. The van der Waals surface area contributed by atoms with E-state index in [0.717, 1.165) is 17.1 Å². The molecule has 94 valence electrons. The summed E-state index contributed by atoms with van der Waals surface area (Å²) in [5, 5.41) is 9.75. The average molecular weight is 259 g/mol. The van der Waals surface area contributed by atoms with Crippen LogP contribution in [-0.2, 0) is 0 Å². The van der Waals surface area contributed by atoms with Gasteiger partial charge in [0.1, 0.15) is 12.4 Å². The third-order valence-corrected chi connectivity index (χ3v) is 4.81. The van der Waals surface area contributed by atoms with Crippen molar-refractivity contribution in [1.82, 2.24) is 0 Å². The van der Waals surface area contributed by atoms with Gasteiger partial charge in [0.05, 0.1) is 5.56 Å². The van der Waals surface area contributed by atoms with Crippen molar-refractivity contribution in [2.45, 2.75) is 42.8 Å². The van der Waals surface area contributed by atoms with Gasteiger partial charge in [-0.25, -0.2) is 0 Å². The molecule has 1 saturated carbocycles. The second kappa shape index (κ2) is 6.06. The highest BCUT2D eigenvalue weighted by molar-refractivity contribution is 8.00. The predicted molar refractivity (Wildman–Crippen MR) is 73.8 cm³/mol. The van der Waals surface area contributed by atoms with Crippen LogP contribution in [-0.4, -0.2) is 11.5 Å². The van der Waals surface area contributed by atoms with Gasteiger partial charge in [-0.15, -0.1) is 11.8 Å². The minimum absolute atomic E-state index is 0.577. The second-order valence-electron chi connectivity index (χ2n) is 5.00. The maximum atomic E-state index is 10.7. The van der Waals surface area contributed by atoms with E-state index in [2.05, 4.69) is 13.0 Å². The zero-order valence-electron chi connectivity index (χ0n) is 10.6. The summed E-state index contributed by atoms with van der Waals surface area (Å²) in [4.78, 5) is 11.7. The van der Waals surface area contributed by atoms with Crippen LogP contribution in [0.2, 0.25) is 0 Å². The number of nitriles is 1. The molecule has 1 fully saturated rings. The number of nitrogens with zero attached hydrogens (tertiary/aromatic N) is 1. The van der Waals surface area contributed by atoms with Gasteiger partial charge < -0.3 is 0 Å². The van der Waals surface area contributed by atoms with E-state index in [1.807, 2.05) is 6.07 Å². The molecule has 0 bridgehead atoms. The van der Waals surface area contributed by atoms with Gasteiger partial charge in [0.25, 0.3) is 0 Å². The van der Waals surface area contributed by atoms with Crippen molar-refractivity contribution in [3.8, 4) is 6.07 Å². The molecular weight excluding hydrogens is 242 g/mol. The SMILES string of the molecule is CC1CCCC(Sc2ccc(C=O)cc2C#N)C1. The lowest BCUT2D eigenvalue weighted by atomic mass is 9.91. The van der Waals surface area contributed by atoms with Gasteiger partial charge in [0, 0.05) is 15.7 Å². The van der Waals surface area contributed by atoms with Crippen molar-refractivity contribution in [1.29, 1.82) is 5.26 Å². The van der Waals surface area contributed by atoms with Crippen LogP contribution in [0.3, 0.4) is 0 Å². The Morgan fingerprint density at radius 1 is 1.44 bits per heavy atom. The lowest BCUT2D eigenvalue weighted by molar-refractivity contribution is 0.112. The summed E-state index contributed by atoms with van der Waals surface area (Å²) in [6.45, 7) is 2.30. The maximum absolute atomic E-state index is 10.7. The molecule has 0 saturated heterocycles. The maximum Gasteiger partial charge on any atom is 0.150 e. The summed E-state index contributed by atoms with van der Waals surface area (Å²) < 4.78 is 0. The number of rotatable bonds is 3. The molecule has 0 amide bonds. The molecule has 2 unspecified atom stereocenters. The molecule has 1 aromatic rings. The fraction of sp³-hybridized carbons (Fsp3) is 0.467. The van der Waals surface area contributed by atoms with Crippen LogP contribution in [0.4, 0.5) is 0 Å². The van der Waals surface area contributed by atoms with Gasteiger partial charge in [-0.1, -0.05) is 25.8 Å². The molecule has 2 nitrogen and oxygen atoms in total. The molecule has 0 aromatic heterocycles. The van der Waals surface area contributed by atoms with E-state index in [9.17, 15) is 4.79 Å². The summed E-state index contributed by atoms with van der Waals surface area (Å²) in [5.74, 6) is 0.788. The van der Waals surface area contributed by atoms with E-state index in [1.165, 1.54) is 25.7 Å². The Bertz CT molecular complexity index is 478. The second-order valence-corrected chi connectivity index (χ2v) is 6.34. The first-order chi connectivity index (χ1) is 8.72. The highest BCUT2D eigenvalue weighted by Gasteiger charge is 2.20. The van der Waals surface area contributed by atoms with Crippen LogP contribution in [0, 0.1) is 17.2 Å². The normalized spacial score (nSPS) is 23.3. The Kier molecular flexibility index (Phi) is 4.43. The standard InChI is InChI=1S/C15H17NOS/c1-11-3-2-4-14(7-11)18-15-6-5-12(10-17)8-13(15)9-16/h5-6,8,10-11,14H,2-4,7H2,1H3. The molecule has 2 rings (SSSR count). The largest absolute Gasteiger partial charge is 0.298 e. The first-order valence-corrected chi connectivity index (χ1v) is 7.27. The van der Waals surface area contributed by atoms with E-state index in [4.69, 9.17) is 5.26 Å². The van der Waals surface area contributed by atoms with Crippen molar-refractivity contribution in [3.63, 3.8) is 0 Å². The fourth-order valence-corrected chi connectivity index (χ4v) is 3.92. The molecule has 1 aliphatic rings. The van der Waals surface area contributed by atoms with E-state index in [-0.39, 0.29) is 0 Å². The quantitative estimate of drug-likeness (QED) is 0.769. The van der Waals surface area contributed by atoms with E-state index < -0.39 is 0 Å². The van der Waals surface area contributed by atoms with Crippen LogP contribution in [0.15, 0.2) is 23.1 Å². The van der Waals surface area contributed by atoms with Crippen LogP contribution in [0.5, 0.6) is 0 Å². The zero-order chi connectivity index (χ0) is 13.0. The average Bonchev–Trinajstić information content (AvgIpc) is 2.39. The number of aldehydes is 1. The topological polar surface area (TPSA) is 40.9 Å². The lowest BCUT2D eigenvalue weighted by Crippen LogP contribution is -2.15. The molecule has 3 heteroatoms. The third-order valence-electron chi connectivity index (χ3n) is 3.44. The van der Waals surface area contributed by atoms with Gasteiger partial charge in [-0.3, -0.25) is 4.79 Å². The summed E-state index contributed by atoms with van der Waals surface area (Å²) in [7, 11) is 0. The summed E-state index contributed by atoms with van der Waals surface area (Å²) in [6.07, 6.45) is 5.86. The molecule has 0 heterocycles. The predicted octanol–water partition coefficient (Wildman–Crippen LogP) is 4.04. The Balaban J connectivity index is 2.13. The van der Waals surface area contributed by atoms with Gasteiger partial charge in [0.15, 0.2) is 0 Å². The number of carbonyl (C=O) groups excluding carboxylic acids is 1. The van der Waals surface area contributed by atoms with Crippen molar-refractivity contribution in [2.75, 3.05) is 0 Å². The smallest absolute Gasteiger partial charge is 0.150 e. The Hall–Kier alpha value is -1.27. The van der Waals surface area contributed by atoms with Gasteiger partial charge in [0.2, 0.25) is 0 Å². The summed E-state index contributed by atoms with van der Waals surface area (Å²) in [5.41, 5.74) is 1.20. The monoisotopic (exact) mass is 259 g/mol. The lowest BCUT2D eigenvalue weighted by Gasteiger charge is -2.26. The molecule has 1 aliphatic carbocycles. The fourth-order valence-electron chi connectivity index (χ4n) is 2.48. The number of carbonyl (C=O) groups is 1. The van der Waals surface area contributed by atoms with Crippen molar-refractivity contribution in [2.24, 2.45) is 5.92 Å². The number of hydrogen-bond acceptors (Lipinski definition) is 3. The minimum Gasteiger partial charge on any atom is -0.298 e. The van der Waals surface area contributed by atoms with Gasteiger partial charge in [-0.05, 0) is 30.9 Å². The number of hydrogen-bond donors (Lipinski definition) is 0. The van der Waals surface area contributed by atoms with Crippen LogP contribution >= 0.6 is 11.8 Å². The third kappa shape index (κ3) is 3.14. The van der Waals surface area contributed by atoms with E-state index >= 15 is 0 Å². The summed E-state index contributed by atoms with van der Waals surface area (Å²) in [6, 6.07) is 7.58. The minimum atomic E-state index is 0.577. The van der Waals surface area contributed by atoms with Crippen LogP contribution in [0.25, 0.3) is 0 Å². The molecule has 0 N–H and O–H groups in total. The molecule has 0 spiro atoms. The molecule has 2 atom stereocenters. The Labute approximate surface area is 112 Å². The molecular formula is C15H17NOS. The Morgan fingerprint density at radius 2 is 2.28 bits per heavy atom. The van der Waals surface area contributed by atoms with Crippen molar-refractivity contribution in [3.05, 3.63) is 29.3 Å². The highest BCUT2D eigenvalue weighted by Crippen LogP contribution is 2.37. The number of benzene rings is 1. The zero-order valence-corrected chi connectivity index (χ0v) is 11.4. The first-order valence-electron chi connectivity index (χ1n) is 6.39. The molecule has 0 radical (unpaired) electrons. The van der Waals surface area contributed by atoms with E-state index in [1.54, 1.807) is 23.9 Å². The van der Waals surface area contributed by atoms with Gasteiger partial charge >= 0.3 is 0 Å². The number of thioether (sulfide) groups is 1. The summed E-state index contributed by atoms with van der Waals surface area (Å²) >= 11 is 1.80. The molecule has 18 heavy (non-hydrogen) atoms. The van der Waals surface area contributed by atoms with Crippen molar-refractivity contribution < 1.29 is 4.79 Å². The highest BCUT2D eigenvalue weighted by atomic mass is 32.2.